The Morgan fingerprint density at radius 3 is 2.83 bits per heavy atom. The number of carbonyl (C=O) groups excluding carboxylic acids is 2. The smallest absolute Gasteiger partial charge is 0.324 e. The second-order valence-electron chi connectivity index (χ2n) is 5.14. The fraction of sp³-hybridized carbons (Fsp3) is 0.400. The minimum atomic E-state index is -0.892. The molecule has 3 N–H and O–H groups in total. The van der Waals surface area contributed by atoms with E-state index in [4.69, 9.17) is 10.5 Å². The van der Waals surface area contributed by atoms with Crippen molar-refractivity contribution >= 4 is 33.4 Å². The molecule has 0 fully saturated rings. The van der Waals surface area contributed by atoms with Gasteiger partial charge in [-0.25, -0.2) is 0 Å². The third-order valence-electron chi connectivity index (χ3n) is 2.95. The molecule has 2 rings (SSSR count). The topological polar surface area (TPSA) is 104 Å². The first kappa shape index (κ1) is 17.2. The molecule has 0 aliphatic heterocycles. The standard InChI is InChI=1S/C15H19N3O4S/c1-8(2)22-11-4-5-17-10-6-12(23-13(10)11)14(19)18-7-9(16)15(20)21-3/h4-6,8-9H,7,16H2,1-3H3,(H,18,19)/t9-/m1/s1. The first-order chi connectivity index (χ1) is 10.9. The second kappa shape index (κ2) is 7.38. The van der Waals surface area contributed by atoms with Gasteiger partial charge in [0.15, 0.2) is 0 Å². The largest absolute Gasteiger partial charge is 0.489 e. The number of nitrogens with two attached hydrogens (primary N) is 1. The highest BCUT2D eigenvalue weighted by atomic mass is 32.1. The van der Waals surface area contributed by atoms with Crippen molar-refractivity contribution in [3.63, 3.8) is 0 Å². The van der Waals surface area contributed by atoms with E-state index in [1.165, 1.54) is 18.4 Å². The fourth-order valence-corrected chi connectivity index (χ4v) is 2.89. The zero-order valence-electron chi connectivity index (χ0n) is 13.2. The van der Waals surface area contributed by atoms with E-state index in [0.29, 0.717) is 16.1 Å². The molecular formula is C15H19N3O4S. The van der Waals surface area contributed by atoms with Crippen LogP contribution in [0.4, 0.5) is 0 Å². The van der Waals surface area contributed by atoms with Crippen LogP contribution in [0.25, 0.3) is 10.2 Å². The van der Waals surface area contributed by atoms with Crippen molar-refractivity contribution in [1.82, 2.24) is 10.3 Å². The van der Waals surface area contributed by atoms with Crippen molar-refractivity contribution in [1.29, 1.82) is 0 Å². The van der Waals surface area contributed by atoms with Crippen molar-refractivity contribution in [2.24, 2.45) is 5.73 Å². The van der Waals surface area contributed by atoms with Crippen molar-refractivity contribution in [2.45, 2.75) is 26.0 Å². The summed E-state index contributed by atoms with van der Waals surface area (Å²) in [4.78, 5) is 28.1. The number of thiophene rings is 1. The van der Waals surface area contributed by atoms with Crippen LogP contribution in [-0.2, 0) is 9.53 Å². The van der Waals surface area contributed by atoms with Gasteiger partial charge < -0.3 is 20.5 Å². The van der Waals surface area contributed by atoms with Gasteiger partial charge >= 0.3 is 5.97 Å². The van der Waals surface area contributed by atoms with Gasteiger partial charge in [-0.1, -0.05) is 0 Å². The second-order valence-corrected chi connectivity index (χ2v) is 6.19. The minimum absolute atomic E-state index is 0.00251. The molecule has 124 valence electrons. The van der Waals surface area contributed by atoms with Crippen LogP contribution < -0.4 is 15.8 Å². The number of hydrogen-bond donors (Lipinski definition) is 2. The molecule has 0 aliphatic carbocycles. The predicted octanol–water partition coefficient (Wildman–Crippen LogP) is 1.31. The van der Waals surface area contributed by atoms with Crippen LogP contribution in [0.15, 0.2) is 18.3 Å². The normalized spacial score (nSPS) is 12.2. The zero-order chi connectivity index (χ0) is 17.0. The first-order valence-electron chi connectivity index (χ1n) is 7.09. The van der Waals surface area contributed by atoms with Gasteiger partial charge in [0.1, 0.15) is 11.8 Å². The number of esters is 1. The number of aromatic nitrogens is 1. The molecule has 0 spiro atoms. The molecule has 0 bridgehead atoms. The molecule has 0 saturated heterocycles. The summed E-state index contributed by atoms with van der Waals surface area (Å²) < 4.78 is 11.0. The summed E-state index contributed by atoms with van der Waals surface area (Å²) in [7, 11) is 1.25. The average molecular weight is 337 g/mol. The van der Waals surface area contributed by atoms with Gasteiger partial charge in [-0.2, -0.15) is 0 Å². The van der Waals surface area contributed by atoms with E-state index in [-0.39, 0.29) is 18.6 Å². The average Bonchev–Trinajstić information content (AvgIpc) is 2.96. The Kier molecular flexibility index (Phi) is 5.51. The number of methoxy groups -OCH3 is 1. The maximum absolute atomic E-state index is 12.2. The van der Waals surface area contributed by atoms with E-state index >= 15 is 0 Å². The van der Waals surface area contributed by atoms with Crippen LogP contribution in [0.2, 0.25) is 0 Å². The highest BCUT2D eigenvalue weighted by Gasteiger charge is 2.18. The summed E-state index contributed by atoms with van der Waals surface area (Å²) in [5.41, 5.74) is 6.28. The van der Waals surface area contributed by atoms with Gasteiger partial charge in [-0.15, -0.1) is 11.3 Å². The van der Waals surface area contributed by atoms with Gasteiger partial charge in [0, 0.05) is 12.7 Å². The Labute approximate surface area is 137 Å². The van der Waals surface area contributed by atoms with Gasteiger partial charge in [0.25, 0.3) is 5.91 Å². The summed E-state index contributed by atoms with van der Waals surface area (Å²) >= 11 is 1.28. The third-order valence-corrected chi connectivity index (χ3v) is 4.09. The summed E-state index contributed by atoms with van der Waals surface area (Å²) in [5.74, 6) is -0.195. The van der Waals surface area contributed by atoms with E-state index < -0.39 is 12.0 Å². The predicted molar refractivity (Wildman–Crippen MR) is 87.7 cm³/mol. The number of rotatable bonds is 6. The molecule has 0 aromatic carbocycles. The third kappa shape index (κ3) is 4.17. The SMILES string of the molecule is COC(=O)[C@H](N)CNC(=O)c1cc2nccc(OC(C)C)c2s1. The molecule has 2 heterocycles. The molecule has 1 amide bonds. The van der Waals surface area contributed by atoms with Crippen LogP contribution in [0.1, 0.15) is 23.5 Å². The van der Waals surface area contributed by atoms with Crippen LogP contribution in [0, 0.1) is 0 Å². The van der Waals surface area contributed by atoms with Gasteiger partial charge in [-0.05, 0) is 26.0 Å². The van der Waals surface area contributed by atoms with E-state index in [0.717, 1.165) is 4.70 Å². The lowest BCUT2D eigenvalue weighted by Crippen LogP contribution is -2.42. The van der Waals surface area contributed by atoms with Crippen LogP contribution in [0.5, 0.6) is 5.75 Å². The van der Waals surface area contributed by atoms with Crippen LogP contribution in [0.3, 0.4) is 0 Å². The molecule has 1 atom stereocenters. The Hall–Kier alpha value is -2.19. The zero-order valence-corrected chi connectivity index (χ0v) is 14.0. The van der Waals surface area contributed by atoms with E-state index in [1.807, 2.05) is 13.8 Å². The van der Waals surface area contributed by atoms with Crippen molar-refractivity contribution < 1.29 is 19.1 Å². The lowest BCUT2D eigenvalue weighted by atomic mass is 10.3. The van der Waals surface area contributed by atoms with Crippen LogP contribution in [-0.4, -0.2) is 42.7 Å². The fourth-order valence-electron chi connectivity index (χ4n) is 1.90. The summed E-state index contributed by atoms with van der Waals surface area (Å²) in [5, 5.41) is 2.61. The summed E-state index contributed by atoms with van der Waals surface area (Å²) in [6.07, 6.45) is 1.67. The molecule has 0 unspecified atom stereocenters. The Morgan fingerprint density at radius 2 is 2.17 bits per heavy atom. The van der Waals surface area contributed by atoms with Gasteiger partial charge in [-0.3, -0.25) is 14.6 Å². The lowest BCUT2D eigenvalue weighted by molar-refractivity contribution is -0.141. The number of fused-ring (bicyclic) bond motifs is 1. The number of ether oxygens (including phenoxy) is 2. The number of nitrogens with one attached hydrogen (secondary N) is 1. The first-order valence-corrected chi connectivity index (χ1v) is 7.90. The maximum Gasteiger partial charge on any atom is 0.324 e. The molecule has 0 saturated carbocycles. The minimum Gasteiger partial charge on any atom is -0.489 e. The molecule has 23 heavy (non-hydrogen) atoms. The molecule has 2 aromatic heterocycles. The van der Waals surface area contributed by atoms with E-state index in [1.54, 1.807) is 18.3 Å². The van der Waals surface area contributed by atoms with E-state index in [9.17, 15) is 9.59 Å². The number of carbonyl (C=O) groups is 2. The van der Waals surface area contributed by atoms with Crippen molar-refractivity contribution in [3.05, 3.63) is 23.2 Å². The Balaban J connectivity index is 2.14. The summed E-state index contributed by atoms with van der Waals surface area (Å²) in [6.45, 7) is 3.87. The van der Waals surface area contributed by atoms with Crippen molar-refractivity contribution in [2.75, 3.05) is 13.7 Å². The summed E-state index contributed by atoms with van der Waals surface area (Å²) in [6, 6.07) is 2.57. The van der Waals surface area contributed by atoms with Crippen LogP contribution >= 0.6 is 11.3 Å². The number of hydrogen-bond acceptors (Lipinski definition) is 7. The molecular weight excluding hydrogens is 318 g/mol. The molecule has 0 radical (unpaired) electrons. The van der Waals surface area contributed by atoms with Gasteiger partial charge in [0.2, 0.25) is 0 Å². The molecule has 2 aromatic rings. The number of amides is 1. The number of pyridine rings is 1. The maximum atomic E-state index is 12.2. The van der Waals surface area contributed by atoms with Gasteiger partial charge in [0.05, 0.1) is 28.3 Å². The lowest BCUT2D eigenvalue weighted by Gasteiger charge is -2.10. The Bertz CT molecular complexity index is 714. The highest BCUT2D eigenvalue weighted by Crippen LogP contribution is 2.32. The monoisotopic (exact) mass is 337 g/mol. The molecule has 0 aliphatic rings. The number of nitrogens with zero attached hydrogens (tertiary/aromatic N) is 1. The quantitative estimate of drug-likeness (QED) is 0.770. The van der Waals surface area contributed by atoms with E-state index in [2.05, 4.69) is 15.0 Å². The molecule has 8 heteroatoms. The highest BCUT2D eigenvalue weighted by molar-refractivity contribution is 7.21. The van der Waals surface area contributed by atoms with Crippen molar-refractivity contribution in [3.8, 4) is 5.75 Å². The Morgan fingerprint density at radius 1 is 1.43 bits per heavy atom. The molecule has 7 nitrogen and oxygen atoms in total.